The zero-order chi connectivity index (χ0) is 22.1. The molecule has 3 aromatic rings. The lowest BCUT2D eigenvalue weighted by atomic mass is 9.98. The summed E-state index contributed by atoms with van der Waals surface area (Å²) in [5.41, 5.74) is 5.90. The molecule has 5 heteroatoms. The average Bonchev–Trinajstić information content (AvgIpc) is 3.07. The van der Waals surface area contributed by atoms with Crippen LogP contribution >= 0.6 is 0 Å². The predicted molar refractivity (Wildman–Crippen MR) is 121 cm³/mol. The van der Waals surface area contributed by atoms with Gasteiger partial charge in [-0.05, 0) is 60.7 Å². The average molecular weight is 415 g/mol. The Morgan fingerprint density at radius 1 is 0.935 bits per heavy atom. The third-order valence-corrected chi connectivity index (χ3v) is 5.84. The first-order chi connectivity index (χ1) is 14.9. The topological polar surface area (TPSA) is 66.8 Å². The minimum Gasteiger partial charge on any atom is -0.478 e. The lowest BCUT2D eigenvalue weighted by Gasteiger charge is -2.28. The molecule has 1 aliphatic rings. The van der Waals surface area contributed by atoms with Crippen LogP contribution in [0.25, 0.3) is 11.1 Å². The quantitative estimate of drug-likeness (QED) is 0.567. The van der Waals surface area contributed by atoms with Crippen LogP contribution in [0.15, 0.2) is 66.7 Å². The van der Waals surface area contributed by atoms with Crippen molar-refractivity contribution < 1.29 is 19.4 Å². The standard InChI is InChI=1S/C26H25NO4/c1-16(2)27(24-14-8-13-18(17(24)3)25(28)29)26(30)31-15-23-21-11-6-4-9-19(21)20-10-5-7-12-22(20)23/h4-14,16,23H,15H2,1-3H3,(H,28,29). The number of ether oxygens (including phenoxy) is 1. The van der Waals surface area contributed by atoms with Crippen LogP contribution in [0.3, 0.4) is 0 Å². The number of carboxylic acid groups (broad SMARTS) is 1. The summed E-state index contributed by atoms with van der Waals surface area (Å²) in [4.78, 5) is 26.2. The number of carbonyl (C=O) groups is 2. The lowest BCUT2D eigenvalue weighted by molar-refractivity contribution is 0.0696. The Labute approximate surface area is 181 Å². The molecule has 0 saturated heterocycles. The minimum absolute atomic E-state index is 0.0307. The number of fused-ring (bicyclic) bond motifs is 3. The monoisotopic (exact) mass is 415 g/mol. The zero-order valence-corrected chi connectivity index (χ0v) is 17.8. The molecule has 31 heavy (non-hydrogen) atoms. The highest BCUT2D eigenvalue weighted by Gasteiger charge is 2.31. The molecule has 0 spiro atoms. The molecule has 0 radical (unpaired) electrons. The van der Waals surface area contributed by atoms with Gasteiger partial charge in [-0.25, -0.2) is 9.59 Å². The normalized spacial score (nSPS) is 12.4. The fourth-order valence-corrected chi connectivity index (χ4v) is 4.37. The molecule has 0 atom stereocenters. The Kier molecular flexibility index (Phi) is 5.51. The predicted octanol–water partition coefficient (Wildman–Crippen LogP) is 5.86. The molecule has 0 saturated carbocycles. The van der Waals surface area contributed by atoms with Gasteiger partial charge in [-0.1, -0.05) is 54.6 Å². The van der Waals surface area contributed by atoms with Crippen LogP contribution in [0.4, 0.5) is 10.5 Å². The van der Waals surface area contributed by atoms with Crippen molar-refractivity contribution in [3.63, 3.8) is 0 Å². The highest BCUT2D eigenvalue weighted by atomic mass is 16.6. The van der Waals surface area contributed by atoms with E-state index in [2.05, 4.69) is 24.3 Å². The molecule has 3 aromatic carbocycles. The third kappa shape index (κ3) is 3.67. The molecular weight excluding hydrogens is 390 g/mol. The van der Waals surface area contributed by atoms with Gasteiger partial charge in [0.15, 0.2) is 0 Å². The molecule has 0 aromatic heterocycles. The van der Waals surface area contributed by atoms with Crippen LogP contribution in [0.5, 0.6) is 0 Å². The van der Waals surface area contributed by atoms with E-state index in [-0.39, 0.29) is 24.1 Å². The summed E-state index contributed by atoms with van der Waals surface area (Å²) in [6.07, 6.45) is -0.484. The zero-order valence-electron chi connectivity index (χ0n) is 17.8. The van der Waals surface area contributed by atoms with Crippen molar-refractivity contribution in [3.8, 4) is 11.1 Å². The molecule has 4 rings (SSSR count). The van der Waals surface area contributed by atoms with E-state index in [1.54, 1.807) is 19.1 Å². The second-order valence-electron chi connectivity index (χ2n) is 8.02. The van der Waals surface area contributed by atoms with Crippen LogP contribution in [0.1, 0.15) is 46.8 Å². The first-order valence-electron chi connectivity index (χ1n) is 10.4. The number of rotatable bonds is 5. The highest BCUT2D eigenvalue weighted by molar-refractivity contribution is 5.95. The SMILES string of the molecule is Cc1c(C(=O)O)cccc1N(C(=O)OCC1c2ccccc2-c2ccccc21)C(C)C. The van der Waals surface area contributed by atoms with Gasteiger partial charge in [0, 0.05) is 12.0 Å². The summed E-state index contributed by atoms with van der Waals surface area (Å²) in [6, 6.07) is 21.1. The van der Waals surface area contributed by atoms with Crippen molar-refractivity contribution in [1.82, 2.24) is 0 Å². The van der Waals surface area contributed by atoms with Crippen LogP contribution < -0.4 is 4.90 Å². The second kappa shape index (κ2) is 8.26. The lowest BCUT2D eigenvalue weighted by Crippen LogP contribution is -2.38. The Hall–Kier alpha value is -3.60. The molecule has 1 N–H and O–H groups in total. The molecule has 0 unspecified atom stereocenters. The van der Waals surface area contributed by atoms with Gasteiger partial charge in [-0.3, -0.25) is 4.90 Å². The molecule has 5 nitrogen and oxygen atoms in total. The number of amides is 1. The van der Waals surface area contributed by atoms with Gasteiger partial charge in [0.1, 0.15) is 6.61 Å². The summed E-state index contributed by atoms with van der Waals surface area (Å²) < 4.78 is 5.81. The maximum atomic E-state index is 13.2. The summed E-state index contributed by atoms with van der Waals surface area (Å²) >= 11 is 0. The number of nitrogens with zero attached hydrogens (tertiary/aromatic N) is 1. The molecule has 1 aliphatic carbocycles. The van der Waals surface area contributed by atoms with E-state index in [4.69, 9.17) is 4.74 Å². The number of hydrogen-bond donors (Lipinski definition) is 1. The highest BCUT2D eigenvalue weighted by Crippen LogP contribution is 2.44. The molecule has 1 amide bonds. The maximum Gasteiger partial charge on any atom is 0.414 e. The van der Waals surface area contributed by atoms with Gasteiger partial charge in [-0.15, -0.1) is 0 Å². The van der Waals surface area contributed by atoms with Gasteiger partial charge in [0.05, 0.1) is 11.3 Å². The smallest absolute Gasteiger partial charge is 0.414 e. The maximum absolute atomic E-state index is 13.2. The van der Waals surface area contributed by atoms with Crippen LogP contribution in [0, 0.1) is 6.92 Å². The molecule has 0 fully saturated rings. The molecule has 0 heterocycles. The van der Waals surface area contributed by atoms with Gasteiger partial charge >= 0.3 is 12.1 Å². The second-order valence-corrected chi connectivity index (χ2v) is 8.02. The number of anilines is 1. The van der Waals surface area contributed by atoms with Gasteiger partial charge in [0.2, 0.25) is 0 Å². The van der Waals surface area contributed by atoms with E-state index in [1.807, 2.05) is 38.1 Å². The summed E-state index contributed by atoms with van der Waals surface area (Å²) in [7, 11) is 0. The number of carboxylic acids is 1. The first-order valence-corrected chi connectivity index (χ1v) is 10.4. The van der Waals surface area contributed by atoms with E-state index in [0.717, 1.165) is 11.1 Å². The van der Waals surface area contributed by atoms with Crippen molar-refractivity contribution >= 4 is 17.7 Å². The molecule has 0 aliphatic heterocycles. The van der Waals surface area contributed by atoms with Crippen molar-refractivity contribution in [1.29, 1.82) is 0 Å². The Balaban J connectivity index is 1.61. The Morgan fingerprint density at radius 3 is 2.06 bits per heavy atom. The molecule has 158 valence electrons. The minimum atomic E-state index is -1.02. The van der Waals surface area contributed by atoms with E-state index < -0.39 is 12.1 Å². The van der Waals surface area contributed by atoms with E-state index in [0.29, 0.717) is 11.3 Å². The summed E-state index contributed by atoms with van der Waals surface area (Å²) in [6.45, 7) is 5.70. The summed E-state index contributed by atoms with van der Waals surface area (Å²) in [5, 5.41) is 9.45. The van der Waals surface area contributed by atoms with E-state index >= 15 is 0 Å². The van der Waals surface area contributed by atoms with Crippen LogP contribution in [-0.2, 0) is 4.74 Å². The number of carbonyl (C=O) groups excluding carboxylic acids is 1. The van der Waals surface area contributed by atoms with E-state index in [1.165, 1.54) is 22.1 Å². The first kappa shape index (κ1) is 20.7. The fraction of sp³-hybridized carbons (Fsp3) is 0.231. The number of benzene rings is 3. The van der Waals surface area contributed by atoms with Gasteiger partial charge < -0.3 is 9.84 Å². The molecular formula is C26H25NO4. The fourth-order valence-electron chi connectivity index (χ4n) is 4.37. The Bertz CT molecular complexity index is 1110. The van der Waals surface area contributed by atoms with Gasteiger partial charge in [0.25, 0.3) is 0 Å². The summed E-state index contributed by atoms with van der Waals surface area (Å²) in [5.74, 6) is -1.05. The van der Waals surface area contributed by atoms with E-state index in [9.17, 15) is 14.7 Å². The molecule has 0 bridgehead atoms. The number of aromatic carboxylic acids is 1. The van der Waals surface area contributed by atoms with Crippen molar-refractivity contribution in [3.05, 3.63) is 89.0 Å². The largest absolute Gasteiger partial charge is 0.478 e. The number of hydrogen-bond acceptors (Lipinski definition) is 3. The Morgan fingerprint density at radius 2 is 1.52 bits per heavy atom. The van der Waals surface area contributed by atoms with Crippen LogP contribution in [0.2, 0.25) is 0 Å². The van der Waals surface area contributed by atoms with Crippen molar-refractivity contribution in [2.45, 2.75) is 32.7 Å². The third-order valence-electron chi connectivity index (χ3n) is 5.84. The van der Waals surface area contributed by atoms with Gasteiger partial charge in [-0.2, -0.15) is 0 Å². The van der Waals surface area contributed by atoms with Crippen molar-refractivity contribution in [2.24, 2.45) is 0 Å². The van der Waals surface area contributed by atoms with Crippen molar-refractivity contribution in [2.75, 3.05) is 11.5 Å². The van der Waals surface area contributed by atoms with Crippen LogP contribution in [-0.4, -0.2) is 29.8 Å².